The lowest BCUT2D eigenvalue weighted by Gasteiger charge is -2.19. The Morgan fingerprint density at radius 1 is 1.31 bits per heavy atom. The van der Waals surface area contributed by atoms with Gasteiger partial charge in [-0.05, 0) is 36.8 Å². The van der Waals surface area contributed by atoms with Crippen molar-refractivity contribution >= 4 is 11.5 Å². The Hall–Kier alpha value is -1.77. The highest BCUT2D eigenvalue weighted by Gasteiger charge is 2.18. The monoisotopic (exact) mass is 217 g/mol. The first kappa shape index (κ1) is 10.7. The molecule has 1 aromatic carbocycles. The molecule has 0 spiro atoms. The Bertz CT molecular complexity index is 463. The number of aromatic hydroxyl groups is 1. The molecule has 2 rings (SSSR count). The summed E-state index contributed by atoms with van der Waals surface area (Å²) in [4.78, 5) is 11.0. The van der Waals surface area contributed by atoms with Crippen LogP contribution in [-0.2, 0) is 17.6 Å². The molecule has 0 atom stereocenters. The van der Waals surface area contributed by atoms with Crippen molar-refractivity contribution in [3.8, 4) is 5.75 Å². The van der Waals surface area contributed by atoms with E-state index in [1.54, 1.807) is 6.07 Å². The summed E-state index contributed by atoms with van der Waals surface area (Å²) in [5, 5.41) is 10.1. The van der Waals surface area contributed by atoms with Crippen molar-refractivity contribution in [3.05, 3.63) is 35.4 Å². The number of amides is 1. The molecule has 0 aliphatic heterocycles. The van der Waals surface area contributed by atoms with E-state index in [2.05, 4.69) is 6.58 Å². The van der Waals surface area contributed by atoms with Gasteiger partial charge in [0.1, 0.15) is 5.75 Å². The fourth-order valence-corrected chi connectivity index (χ4v) is 2.18. The second-order valence-corrected chi connectivity index (χ2v) is 4.15. The molecule has 0 saturated heterocycles. The topological polar surface area (TPSA) is 63.3 Å². The minimum Gasteiger partial charge on any atom is -0.507 e. The zero-order valence-electron chi connectivity index (χ0n) is 9.12. The van der Waals surface area contributed by atoms with Crippen molar-refractivity contribution in [3.63, 3.8) is 0 Å². The maximum atomic E-state index is 11.0. The van der Waals surface area contributed by atoms with Gasteiger partial charge in [0.05, 0.1) is 0 Å². The van der Waals surface area contributed by atoms with Gasteiger partial charge in [-0.2, -0.15) is 0 Å². The van der Waals surface area contributed by atoms with E-state index in [0.29, 0.717) is 5.56 Å². The summed E-state index contributed by atoms with van der Waals surface area (Å²) in [6.07, 6.45) is 4.09. The van der Waals surface area contributed by atoms with Gasteiger partial charge in [-0.3, -0.25) is 4.79 Å². The highest BCUT2D eigenvalue weighted by atomic mass is 16.3. The second-order valence-electron chi connectivity index (χ2n) is 4.15. The molecule has 16 heavy (non-hydrogen) atoms. The molecule has 0 unspecified atom stereocenters. The number of rotatable bonds is 2. The van der Waals surface area contributed by atoms with Crippen molar-refractivity contribution in [2.75, 3.05) is 0 Å². The molecule has 0 heterocycles. The van der Waals surface area contributed by atoms with Crippen molar-refractivity contribution in [2.24, 2.45) is 5.73 Å². The molecule has 1 aromatic rings. The van der Waals surface area contributed by atoms with Crippen LogP contribution in [0.25, 0.3) is 5.57 Å². The minimum atomic E-state index is -0.592. The minimum absolute atomic E-state index is 0.172. The summed E-state index contributed by atoms with van der Waals surface area (Å²) in [5.74, 6) is -0.410. The van der Waals surface area contributed by atoms with E-state index in [-0.39, 0.29) is 11.3 Å². The number of hydrogen-bond donors (Lipinski definition) is 2. The molecule has 3 heteroatoms. The first-order valence-corrected chi connectivity index (χ1v) is 5.44. The fourth-order valence-electron chi connectivity index (χ4n) is 2.18. The standard InChI is InChI=1S/C13H15NO2/c1-8(13(14)16)10-7-6-9-4-2-3-5-11(9)12(10)15/h6-7,15H,1-5H2,(H2,14,16). The smallest absolute Gasteiger partial charge is 0.248 e. The number of aryl methyl sites for hydroxylation is 1. The number of benzene rings is 1. The fraction of sp³-hybridized carbons (Fsp3) is 0.308. The number of phenols is 1. The van der Waals surface area contributed by atoms with Gasteiger partial charge in [0.25, 0.3) is 0 Å². The van der Waals surface area contributed by atoms with Crippen LogP contribution in [0, 0.1) is 0 Å². The van der Waals surface area contributed by atoms with E-state index in [1.165, 1.54) is 5.56 Å². The molecule has 0 bridgehead atoms. The van der Waals surface area contributed by atoms with E-state index in [0.717, 1.165) is 31.2 Å². The molecule has 3 nitrogen and oxygen atoms in total. The average Bonchev–Trinajstić information content (AvgIpc) is 2.29. The molecule has 3 N–H and O–H groups in total. The van der Waals surface area contributed by atoms with E-state index in [9.17, 15) is 9.90 Å². The molecule has 0 aromatic heterocycles. The van der Waals surface area contributed by atoms with Gasteiger partial charge < -0.3 is 10.8 Å². The van der Waals surface area contributed by atoms with Crippen molar-refractivity contribution in [1.82, 2.24) is 0 Å². The van der Waals surface area contributed by atoms with Gasteiger partial charge in [-0.25, -0.2) is 0 Å². The largest absolute Gasteiger partial charge is 0.507 e. The van der Waals surface area contributed by atoms with Gasteiger partial charge in [0, 0.05) is 11.1 Å². The third-order valence-corrected chi connectivity index (χ3v) is 3.13. The highest BCUT2D eigenvalue weighted by Crippen LogP contribution is 2.34. The Labute approximate surface area is 94.6 Å². The van der Waals surface area contributed by atoms with Gasteiger partial charge in [-0.15, -0.1) is 0 Å². The first-order chi connectivity index (χ1) is 7.61. The van der Waals surface area contributed by atoms with E-state index >= 15 is 0 Å². The van der Waals surface area contributed by atoms with Gasteiger partial charge in [0.2, 0.25) is 5.91 Å². The molecule has 0 radical (unpaired) electrons. The van der Waals surface area contributed by atoms with Crippen LogP contribution in [0.1, 0.15) is 29.5 Å². The van der Waals surface area contributed by atoms with Gasteiger partial charge >= 0.3 is 0 Å². The predicted molar refractivity (Wildman–Crippen MR) is 63.0 cm³/mol. The molecule has 1 amide bonds. The summed E-state index contributed by atoms with van der Waals surface area (Å²) in [6, 6.07) is 3.68. The lowest BCUT2D eigenvalue weighted by atomic mass is 9.88. The van der Waals surface area contributed by atoms with Crippen LogP contribution in [0.15, 0.2) is 18.7 Å². The Morgan fingerprint density at radius 2 is 2.00 bits per heavy atom. The maximum absolute atomic E-state index is 11.0. The van der Waals surface area contributed by atoms with Crippen LogP contribution in [0.5, 0.6) is 5.75 Å². The quantitative estimate of drug-likeness (QED) is 0.741. The molecule has 0 fully saturated rings. The van der Waals surface area contributed by atoms with E-state index < -0.39 is 5.91 Å². The second kappa shape index (κ2) is 4.00. The molecular formula is C13H15NO2. The zero-order chi connectivity index (χ0) is 11.7. The Kier molecular flexibility index (Phi) is 2.69. The third kappa shape index (κ3) is 1.69. The number of fused-ring (bicyclic) bond motifs is 1. The van der Waals surface area contributed by atoms with Crippen LogP contribution < -0.4 is 5.73 Å². The average molecular weight is 217 g/mol. The summed E-state index contributed by atoms with van der Waals surface area (Å²) in [6.45, 7) is 3.60. The van der Waals surface area contributed by atoms with Crippen molar-refractivity contribution < 1.29 is 9.90 Å². The van der Waals surface area contributed by atoms with Crippen molar-refractivity contribution in [1.29, 1.82) is 0 Å². The van der Waals surface area contributed by atoms with Gasteiger partial charge in [0.15, 0.2) is 0 Å². The van der Waals surface area contributed by atoms with E-state index in [4.69, 9.17) is 5.73 Å². The van der Waals surface area contributed by atoms with Gasteiger partial charge in [-0.1, -0.05) is 18.7 Å². The van der Waals surface area contributed by atoms with Crippen LogP contribution in [-0.4, -0.2) is 11.0 Å². The Balaban J connectivity index is 2.49. The van der Waals surface area contributed by atoms with Crippen LogP contribution in [0.4, 0.5) is 0 Å². The van der Waals surface area contributed by atoms with Crippen LogP contribution in [0.2, 0.25) is 0 Å². The summed E-state index contributed by atoms with van der Waals surface area (Å²) >= 11 is 0. The predicted octanol–water partition coefficient (Wildman–Crippen LogP) is 1.77. The van der Waals surface area contributed by atoms with Crippen LogP contribution >= 0.6 is 0 Å². The number of hydrogen-bond acceptors (Lipinski definition) is 2. The third-order valence-electron chi connectivity index (χ3n) is 3.13. The molecular weight excluding hydrogens is 202 g/mol. The molecule has 1 aliphatic carbocycles. The lowest BCUT2D eigenvalue weighted by molar-refractivity contribution is -0.112. The van der Waals surface area contributed by atoms with E-state index in [1.807, 2.05) is 6.07 Å². The molecule has 0 saturated carbocycles. The normalized spacial score (nSPS) is 14.2. The Morgan fingerprint density at radius 3 is 2.69 bits per heavy atom. The van der Waals surface area contributed by atoms with Crippen molar-refractivity contribution in [2.45, 2.75) is 25.7 Å². The number of phenolic OH excluding ortho intramolecular Hbond substituents is 1. The maximum Gasteiger partial charge on any atom is 0.248 e. The molecule has 1 aliphatic rings. The SMILES string of the molecule is C=C(C(N)=O)c1ccc2c(c1O)CCCC2. The number of carbonyl (C=O) groups excluding carboxylic acids is 1. The highest BCUT2D eigenvalue weighted by molar-refractivity contribution is 6.18. The molecule has 84 valence electrons. The lowest BCUT2D eigenvalue weighted by Crippen LogP contribution is -2.13. The summed E-state index contributed by atoms with van der Waals surface area (Å²) < 4.78 is 0. The number of nitrogens with two attached hydrogens (primary N) is 1. The number of primary amides is 1. The summed E-state index contributed by atoms with van der Waals surface area (Å²) in [7, 11) is 0. The zero-order valence-corrected chi connectivity index (χ0v) is 9.12. The summed E-state index contributed by atoms with van der Waals surface area (Å²) in [5.41, 5.74) is 7.92. The first-order valence-electron chi connectivity index (χ1n) is 5.44. The number of carbonyl (C=O) groups is 1. The van der Waals surface area contributed by atoms with Crippen LogP contribution in [0.3, 0.4) is 0 Å².